The minimum absolute atomic E-state index is 0. The number of hydrogen-bond donors (Lipinski definition) is 2. The van der Waals surface area contributed by atoms with Gasteiger partial charge in [0.1, 0.15) is 0 Å². The predicted molar refractivity (Wildman–Crippen MR) is 82.5 cm³/mol. The highest BCUT2D eigenvalue weighted by atomic mass is 35.5. The summed E-state index contributed by atoms with van der Waals surface area (Å²) in [6.45, 7) is 5.75. The molecule has 0 bridgehead atoms. The van der Waals surface area contributed by atoms with Crippen molar-refractivity contribution >= 4 is 24.0 Å². The first kappa shape index (κ1) is 17.1. The van der Waals surface area contributed by atoms with Gasteiger partial charge >= 0.3 is 0 Å². The second kappa shape index (κ2) is 6.64. The van der Waals surface area contributed by atoms with Crippen LogP contribution in [0.25, 0.3) is 5.95 Å². The van der Waals surface area contributed by atoms with Gasteiger partial charge in [-0.3, -0.25) is 4.79 Å². The summed E-state index contributed by atoms with van der Waals surface area (Å²) in [6.07, 6.45) is 6.42. The van der Waals surface area contributed by atoms with Gasteiger partial charge in [-0.25, -0.2) is 14.6 Å². The highest BCUT2D eigenvalue weighted by Crippen LogP contribution is 2.19. The standard InChI is InChI=1S/C13H18N6O.ClH/c1-13(2,3)10(14)11(20)18-9-7-17-19(8-9)12-15-5-4-6-16-12;/h4-8,10H,14H2,1-3H3,(H,18,20);1H/t10-;/m1./s1. The molecule has 2 aromatic rings. The Bertz CT molecular complexity index is 592. The van der Waals surface area contributed by atoms with E-state index in [-0.39, 0.29) is 23.7 Å². The third-order valence-electron chi connectivity index (χ3n) is 2.82. The van der Waals surface area contributed by atoms with Crippen LogP contribution in [0.4, 0.5) is 5.69 Å². The van der Waals surface area contributed by atoms with E-state index < -0.39 is 6.04 Å². The number of nitrogens with zero attached hydrogens (tertiary/aromatic N) is 4. The van der Waals surface area contributed by atoms with E-state index in [0.717, 1.165) is 0 Å². The Kier molecular flexibility index (Phi) is 5.40. The highest BCUT2D eigenvalue weighted by molar-refractivity contribution is 5.95. The number of carbonyl (C=O) groups excluding carboxylic acids is 1. The number of carbonyl (C=O) groups is 1. The van der Waals surface area contributed by atoms with Crippen LogP contribution < -0.4 is 11.1 Å². The molecule has 7 nitrogen and oxygen atoms in total. The van der Waals surface area contributed by atoms with Crippen molar-refractivity contribution in [1.82, 2.24) is 19.7 Å². The number of halogens is 1. The van der Waals surface area contributed by atoms with Crippen LogP contribution in [0, 0.1) is 5.41 Å². The maximum absolute atomic E-state index is 12.0. The zero-order valence-corrected chi connectivity index (χ0v) is 13.0. The quantitative estimate of drug-likeness (QED) is 0.892. The van der Waals surface area contributed by atoms with E-state index >= 15 is 0 Å². The Balaban J connectivity index is 0.00000220. The molecule has 21 heavy (non-hydrogen) atoms. The molecule has 0 fully saturated rings. The van der Waals surface area contributed by atoms with Crippen LogP contribution in [0.5, 0.6) is 0 Å². The smallest absolute Gasteiger partial charge is 0.250 e. The first-order valence-corrected chi connectivity index (χ1v) is 6.26. The lowest BCUT2D eigenvalue weighted by molar-refractivity contribution is -0.119. The van der Waals surface area contributed by atoms with E-state index in [0.29, 0.717) is 11.6 Å². The van der Waals surface area contributed by atoms with Gasteiger partial charge in [0.15, 0.2) is 0 Å². The molecule has 0 radical (unpaired) electrons. The second-order valence-electron chi connectivity index (χ2n) is 5.56. The first-order valence-electron chi connectivity index (χ1n) is 6.26. The Morgan fingerprint density at radius 1 is 1.33 bits per heavy atom. The molecule has 0 aliphatic carbocycles. The molecule has 0 aliphatic heterocycles. The molecular weight excluding hydrogens is 292 g/mol. The van der Waals surface area contributed by atoms with Crippen LogP contribution >= 0.6 is 12.4 Å². The molecule has 0 saturated heterocycles. The zero-order valence-electron chi connectivity index (χ0n) is 12.1. The van der Waals surface area contributed by atoms with Crippen molar-refractivity contribution in [2.75, 3.05) is 5.32 Å². The molecule has 1 atom stereocenters. The van der Waals surface area contributed by atoms with Crippen molar-refractivity contribution in [3.05, 3.63) is 30.9 Å². The van der Waals surface area contributed by atoms with Crippen LogP contribution in [0.2, 0.25) is 0 Å². The molecule has 2 aromatic heterocycles. The summed E-state index contributed by atoms with van der Waals surface area (Å²) in [5, 5.41) is 6.83. The van der Waals surface area contributed by atoms with E-state index in [1.165, 1.54) is 10.9 Å². The Hall–Kier alpha value is -1.99. The van der Waals surface area contributed by atoms with Gasteiger partial charge in [0.05, 0.1) is 24.1 Å². The fraction of sp³-hybridized carbons (Fsp3) is 0.385. The average Bonchev–Trinajstić information content (AvgIpc) is 2.86. The van der Waals surface area contributed by atoms with Gasteiger partial charge in [0.25, 0.3) is 0 Å². The third-order valence-corrected chi connectivity index (χ3v) is 2.82. The minimum Gasteiger partial charge on any atom is -0.322 e. The minimum atomic E-state index is -0.598. The number of amides is 1. The Morgan fingerprint density at radius 3 is 2.52 bits per heavy atom. The molecule has 0 aliphatic rings. The topological polar surface area (TPSA) is 98.7 Å². The molecule has 2 heterocycles. The van der Waals surface area contributed by atoms with Crippen LogP contribution in [0.15, 0.2) is 30.9 Å². The van der Waals surface area contributed by atoms with Crippen molar-refractivity contribution in [3.63, 3.8) is 0 Å². The zero-order chi connectivity index (χ0) is 14.8. The normalized spacial score (nSPS) is 12.4. The fourth-order valence-electron chi connectivity index (χ4n) is 1.52. The van der Waals surface area contributed by atoms with Crippen LogP contribution in [-0.4, -0.2) is 31.7 Å². The van der Waals surface area contributed by atoms with Gasteiger partial charge in [-0.15, -0.1) is 12.4 Å². The van der Waals surface area contributed by atoms with Crippen molar-refractivity contribution in [3.8, 4) is 5.95 Å². The third kappa shape index (κ3) is 4.24. The summed E-state index contributed by atoms with van der Waals surface area (Å²) >= 11 is 0. The van der Waals surface area contributed by atoms with Crippen molar-refractivity contribution < 1.29 is 4.79 Å². The summed E-state index contributed by atoms with van der Waals surface area (Å²) in [6, 6.07) is 1.12. The summed E-state index contributed by atoms with van der Waals surface area (Å²) in [7, 11) is 0. The van der Waals surface area contributed by atoms with Gasteiger partial charge in [0.2, 0.25) is 11.9 Å². The molecule has 2 rings (SSSR count). The van der Waals surface area contributed by atoms with Gasteiger partial charge in [-0.1, -0.05) is 20.8 Å². The van der Waals surface area contributed by atoms with E-state index in [9.17, 15) is 4.79 Å². The number of aromatic nitrogens is 4. The molecule has 0 unspecified atom stereocenters. The van der Waals surface area contributed by atoms with Crippen molar-refractivity contribution in [2.24, 2.45) is 11.1 Å². The molecule has 0 aromatic carbocycles. The molecule has 8 heteroatoms. The van der Waals surface area contributed by atoms with Crippen LogP contribution in [-0.2, 0) is 4.79 Å². The van der Waals surface area contributed by atoms with Gasteiger partial charge in [-0.05, 0) is 11.5 Å². The number of rotatable bonds is 3. The summed E-state index contributed by atoms with van der Waals surface area (Å²) in [4.78, 5) is 20.1. The summed E-state index contributed by atoms with van der Waals surface area (Å²) < 4.78 is 1.48. The fourth-order valence-corrected chi connectivity index (χ4v) is 1.52. The predicted octanol–water partition coefficient (Wildman–Crippen LogP) is 1.40. The van der Waals surface area contributed by atoms with Crippen LogP contribution in [0.3, 0.4) is 0 Å². The largest absolute Gasteiger partial charge is 0.322 e. The first-order chi connectivity index (χ1) is 9.38. The van der Waals surface area contributed by atoms with Crippen molar-refractivity contribution in [1.29, 1.82) is 0 Å². The maximum Gasteiger partial charge on any atom is 0.250 e. The Labute approximate surface area is 129 Å². The average molecular weight is 311 g/mol. The maximum atomic E-state index is 12.0. The van der Waals surface area contributed by atoms with Gasteiger partial charge < -0.3 is 11.1 Å². The number of nitrogens with one attached hydrogen (secondary N) is 1. The van der Waals surface area contributed by atoms with Gasteiger partial charge in [0, 0.05) is 12.4 Å². The second-order valence-corrected chi connectivity index (χ2v) is 5.56. The van der Waals surface area contributed by atoms with Crippen LogP contribution in [0.1, 0.15) is 20.8 Å². The lowest BCUT2D eigenvalue weighted by Crippen LogP contribution is -2.45. The number of hydrogen-bond acceptors (Lipinski definition) is 5. The number of nitrogens with two attached hydrogens (primary N) is 1. The Morgan fingerprint density at radius 2 is 1.95 bits per heavy atom. The molecule has 3 N–H and O–H groups in total. The molecular formula is C13H19ClN6O. The summed E-state index contributed by atoms with van der Waals surface area (Å²) in [5.41, 5.74) is 6.15. The highest BCUT2D eigenvalue weighted by Gasteiger charge is 2.27. The summed E-state index contributed by atoms with van der Waals surface area (Å²) in [5.74, 6) is 0.194. The van der Waals surface area contributed by atoms with E-state index in [4.69, 9.17) is 5.73 Å². The lowest BCUT2D eigenvalue weighted by Gasteiger charge is -2.25. The number of anilines is 1. The van der Waals surface area contributed by atoms with E-state index in [1.54, 1.807) is 24.7 Å². The van der Waals surface area contributed by atoms with Crippen molar-refractivity contribution in [2.45, 2.75) is 26.8 Å². The molecule has 0 spiro atoms. The monoisotopic (exact) mass is 310 g/mol. The van der Waals surface area contributed by atoms with E-state index in [2.05, 4.69) is 20.4 Å². The van der Waals surface area contributed by atoms with Gasteiger partial charge in [-0.2, -0.15) is 5.10 Å². The lowest BCUT2D eigenvalue weighted by atomic mass is 9.87. The van der Waals surface area contributed by atoms with E-state index in [1.807, 2.05) is 20.8 Å². The molecule has 0 saturated carbocycles. The SMILES string of the molecule is CC(C)(C)[C@H](N)C(=O)Nc1cnn(-c2ncccn2)c1.Cl. The molecule has 114 valence electrons. The molecule has 1 amide bonds.